The minimum Gasteiger partial charge on any atom is -0.317 e. The molecule has 0 aliphatic heterocycles. The van der Waals surface area contributed by atoms with Gasteiger partial charge < -0.3 is 4.57 Å². The maximum absolute atomic E-state index is 13.1. The molecule has 0 radical (unpaired) electrons. The van der Waals surface area contributed by atoms with Crippen molar-refractivity contribution in [3.8, 4) is 0 Å². The zero-order chi connectivity index (χ0) is 22.6. The Bertz CT molecular complexity index is 1100. The van der Waals surface area contributed by atoms with Gasteiger partial charge in [0.2, 0.25) is 15.0 Å². The van der Waals surface area contributed by atoms with Crippen molar-refractivity contribution in [1.29, 1.82) is 0 Å². The number of hydrogen-bond acceptors (Lipinski definition) is 5. The standard InChI is InChI=1S/C23H33N5O2S/c1-18(2)15-27-22(16-26(5)11-12-28-20(4)13-19(3)25-28)14-24-23(27)31(29,30)17-21-9-7-6-8-10-21/h6-10,13-14,18H,11-12,15-17H2,1-5H3. The SMILES string of the molecule is Cc1cc(C)n(CCN(C)Cc2cnc(S(=O)(=O)Cc3ccccc3)n2CC(C)C)n1. The normalized spacial score (nSPS) is 12.2. The molecule has 0 saturated carbocycles. The lowest BCUT2D eigenvalue weighted by Gasteiger charge is -2.20. The van der Waals surface area contributed by atoms with E-state index >= 15 is 0 Å². The summed E-state index contributed by atoms with van der Waals surface area (Å²) in [6, 6.07) is 11.3. The molecule has 0 N–H and O–H groups in total. The molecule has 0 unspecified atom stereocenters. The molecule has 0 bridgehead atoms. The van der Waals surface area contributed by atoms with Crippen molar-refractivity contribution in [1.82, 2.24) is 24.2 Å². The fraction of sp³-hybridized carbons (Fsp3) is 0.478. The molecule has 0 saturated heterocycles. The van der Waals surface area contributed by atoms with E-state index in [1.54, 1.807) is 6.20 Å². The van der Waals surface area contributed by atoms with Gasteiger partial charge in [-0.1, -0.05) is 44.2 Å². The van der Waals surface area contributed by atoms with Crippen LogP contribution in [0.1, 0.15) is 36.5 Å². The molecule has 0 fully saturated rings. The minimum absolute atomic E-state index is 0.0455. The van der Waals surface area contributed by atoms with Crippen LogP contribution in [0.2, 0.25) is 0 Å². The number of nitrogens with zero attached hydrogens (tertiary/aromatic N) is 5. The molecular formula is C23H33N5O2S. The second kappa shape index (κ2) is 9.78. The molecule has 0 aliphatic rings. The summed E-state index contributed by atoms with van der Waals surface area (Å²) in [6.07, 6.45) is 1.71. The van der Waals surface area contributed by atoms with Gasteiger partial charge in [0.15, 0.2) is 0 Å². The van der Waals surface area contributed by atoms with Crippen molar-refractivity contribution < 1.29 is 8.42 Å². The van der Waals surface area contributed by atoms with Crippen molar-refractivity contribution in [2.45, 2.75) is 58.2 Å². The quantitative estimate of drug-likeness (QED) is 0.480. The molecule has 0 atom stereocenters. The number of aryl methyl sites for hydroxylation is 2. The number of aromatic nitrogens is 4. The first-order valence-electron chi connectivity index (χ1n) is 10.7. The van der Waals surface area contributed by atoms with Crippen LogP contribution in [0.3, 0.4) is 0 Å². The summed E-state index contributed by atoms with van der Waals surface area (Å²) in [5, 5.41) is 4.67. The van der Waals surface area contributed by atoms with E-state index in [1.165, 1.54) is 0 Å². The van der Waals surface area contributed by atoms with Crippen LogP contribution in [-0.4, -0.2) is 46.2 Å². The summed E-state index contributed by atoms with van der Waals surface area (Å²) in [7, 11) is -1.51. The van der Waals surface area contributed by atoms with Crippen molar-refractivity contribution in [3.63, 3.8) is 0 Å². The number of hydrogen-bond donors (Lipinski definition) is 0. The average Bonchev–Trinajstić information content (AvgIpc) is 3.22. The Kier molecular flexibility index (Phi) is 7.33. The Balaban J connectivity index is 1.77. The zero-order valence-electron chi connectivity index (χ0n) is 19.1. The highest BCUT2D eigenvalue weighted by Gasteiger charge is 2.24. The highest BCUT2D eigenvalue weighted by atomic mass is 32.2. The second-order valence-corrected chi connectivity index (χ2v) is 10.6. The molecule has 168 valence electrons. The Labute approximate surface area is 185 Å². The predicted octanol–water partition coefficient (Wildman–Crippen LogP) is 3.46. The molecule has 0 spiro atoms. The number of likely N-dealkylation sites (N-methyl/N-ethyl adjacent to an activating group) is 1. The van der Waals surface area contributed by atoms with Gasteiger partial charge in [-0.25, -0.2) is 13.4 Å². The molecule has 7 nitrogen and oxygen atoms in total. The highest BCUT2D eigenvalue weighted by molar-refractivity contribution is 7.90. The number of sulfone groups is 1. The van der Waals surface area contributed by atoms with E-state index < -0.39 is 9.84 Å². The minimum atomic E-state index is -3.54. The smallest absolute Gasteiger partial charge is 0.228 e. The molecule has 3 aromatic rings. The first-order chi connectivity index (χ1) is 14.7. The van der Waals surface area contributed by atoms with E-state index in [2.05, 4.69) is 41.8 Å². The summed E-state index contributed by atoms with van der Waals surface area (Å²) in [5.41, 5.74) is 3.84. The van der Waals surface area contributed by atoms with Crippen LogP contribution in [-0.2, 0) is 35.2 Å². The molecule has 2 aromatic heterocycles. The van der Waals surface area contributed by atoms with Gasteiger partial charge in [0.05, 0.1) is 29.9 Å². The van der Waals surface area contributed by atoms with Crippen molar-refractivity contribution >= 4 is 9.84 Å². The van der Waals surface area contributed by atoms with Crippen LogP contribution in [0.4, 0.5) is 0 Å². The summed E-state index contributed by atoms with van der Waals surface area (Å²) >= 11 is 0. The number of benzene rings is 1. The second-order valence-electron chi connectivity index (χ2n) is 8.67. The first kappa shape index (κ1) is 23.2. The summed E-state index contributed by atoms with van der Waals surface area (Å²) in [5.74, 6) is 0.259. The monoisotopic (exact) mass is 443 g/mol. The number of imidazole rings is 1. The van der Waals surface area contributed by atoms with E-state index in [1.807, 2.05) is 53.6 Å². The van der Waals surface area contributed by atoms with Crippen LogP contribution in [0, 0.1) is 19.8 Å². The Morgan fingerprint density at radius 1 is 1.13 bits per heavy atom. The van der Waals surface area contributed by atoms with Crippen molar-refractivity contribution in [2.24, 2.45) is 5.92 Å². The summed E-state index contributed by atoms with van der Waals surface area (Å²) in [4.78, 5) is 6.54. The fourth-order valence-electron chi connectivity index (χ4n) is 3.71. The van der Waals surface area contributed by atoms with Gasteiger partial charge in [0.1, 0.15) is 0 Å². The van der Waals surface area contributed by atoms with Crippen LogP contribution in [0.5, 0.6) is 0 Å². The zero-order valence-corrected chi connectivity index (χ0v) is 19.9. The molecular weight excluding hydrogens is 410 g/mol. The lowest BCUT2D eigenvalue weighted by molar-refractivity contribution is 0.292. The third-order valence-electron chi connectivity index (χ3n) is 5.16. The van der Waals surface area contributed by atoms with Gasteiger partial charge in [0, 0.05) is 25.3 Å². The fourth-order valence-corrected chi connectivity index (χ4v) is 5.21. The molecule has 8 heteroatoms. The predicted molar refractivity (Wildman–Crippen MR) is 122 cm³/mol. The van der Waals surface area contributed by atoms with Gasteiger partial charge >= 0.3 is 0 Å². The average molecular weight is 444 g/mol. The van der Waals surface area contributed by atoms with E-state index in [9.17, 15) is 8.42 Å². The molecule has 0 aliphatic carbocycles. The summed E-state index contributed by atoms with van der Waals surface area (Å²) in [6.45, 7) is 11.1. The molecule has 2 heterocycles. The van der Waals surface area contributed by atoms with Crippen molar-refractivity contribution in [2.75, 3.05) is 13.6 Å². The Hall–Kier alpha value is -2.45. The van der Waals surface area contributed by atoms with Crippen LogP contribution in [0.25, 0.3) is 0 Å². The molecule has 1 aromatic carbocycles. The van der Waals surface area contributed by atoms with E-state index in [-0.39, 0.29) is 10.9 Å². The first-order valence-corrected chi connectivity index (χ1v) is 12.3. The molecule has 3 rings (SSSR count). The third kappa shape index (κ3) is 6.04. The summed E-state index contributed by atoms with van der Waals surface area (Å²) < 4.78 is 30.2. The van der Waals surface area contributed by atoms with E-state index in [4.69, 9.17) is 0 Å². The van der Waals surface area contributed by atoms with Gasteiger partial charge in [0.25, 0.3) is 0 Å². The van der Waals surface area contributed by atoms with Crippen LogP contribution >= 0.6 is 0 Å². The number of rotatable bonds is 10. The third-order valence-corrected chi connectivity index (χ3v) is 6.75. The van der Waals surface area contributed by atoms with Gasteiger partial charge in [-0.15, -0.1) is 0 Å². The molecule has 0 amide bonds. The largest absolute Gasteiger partial charge is 0.317 e. The van der Waals surface area contributed by atoms with Gasteiger partial charge in [-0.05, 0) is 38.4 Å². The molecule has 31 heavy (non-hydrogen) atoms. The van der Waals surface area contributed by atoms with Crippen LogP contribution in [0.15, 0.2) is 47.8 Å². The topological polar surface area (TPSA) is 73.0 Å². The maximum Gasteiger partial charge on any atom is 0.228 e. The van der Waals surface area contributed by atoms with Crippen LogP contribution < -0.4 is 0 Å². The lowest BCUT2D eigenvalue weighted by Crippen LogP contribution is -2.26. The van der Waals surface area contributed by atoms with Crippen molar-refractivity contribution in [3.05, 3.63) is 65.2 Å². The maximum atomic E-state index is 13.1. The Morgan fingerprint density at radius 3 is 2.45 bits per heavy atom. The van der Waals surface area contributed by atoms with Gasteiger partial charge in [-0.3, -0.25) is 9.58 Å². The van der Waals surface area contributed by atoms with E-state index in [0.29, 0.717) is 19.0 Å². The highest BCUT2D eigenvalue weighted by Crippen LogP contribution is 2.20. The lowest BCUT2D eigenvalue weighted by atomic mass is 10.2. The Morgan fingerprint density at radius 2 is 1.84 bits per heavy atom. The van der Waals surface area contributed by atoms with Gasteiger partial charge in [-0.2, -0.15) is 5.10 Å². The van der Waals surface area contributed by atoms with E-state index in [0.717, 1.165) is 35.7 Å².